The molecule has 0 N–H and O–H groups in total. The summed E-state index contributed by atoms with van der Waals surface area (Å²) in [5.41, 5.74) is 3.84. The average Bonchev–Trinajstić information content (AvgIpc) is 2.81. The Morgan fingerprint density at radius 2 is 2.24 bits per heavy atom. The van der Waals surface area contributed by atoms with Crippen LogP contribution in [-0.2, 0) is 6.54 Å². The van der Waals surface area contributed by atoms with E-state index in [9.17, 15) is 0 Å². The maximum atomic E-state index is 4.56. The lowest BCUT2D eigenvalue weighted by atomic mass is 10.1. The Labute approximate surface area is 106 Å². The van der Waals surface area contributed by atoms with E-state index in [-0.39, 0.29) is 0 Å². The molecule has 2 aromatic heterocycles. The highest BCUT2D eigenvalue weighted by atomic mass is 32.1. The molecule has 0 saturated carbocycles. The Morgan fingerprint density at radius 3 is 2.82 bits per heavy atom. The van der Waals surface area contributed by atoms with Gasteiger partial charge in [0.15, 0.2) is 0 Å². The Morgan fingerprint density at radius 1 is 1.41 bits per heavy atom. The molecule has 1 saturated heterocycles. The van der Waals surface area contributed by atoms with Crippen molar-refractivity contribution in [1.29, 1.82) is 0 Å². The molecule has 2 aromatic rings. The number of nitrogens with zero attached hydrogens (tertiary/aromatic N) is 3. The van der Waals surface area contributed by atoms with Crippen molar-refractivity contribution in [2.24, 2.45) is 0 Å². The summed E-state index contributed by atoms with van der Waals surface area (Å²) >= 11 is 1.77. The lowest BCUT2D eigenvalue weighted by Gasteiger charge is -2.39. The number of aryl methyl sites for hydroxylation is 2. The zero-order valence-electron chi connectivity index (χ0n) is 10.3. The van der Waals surface area contributed by atoms with Crippen molar-refractivity contribution < 1.29 is 0 Å². The zero-order chi connectivity index (χ0) is 11.8. The summed E-state index contributed by atoms with van der Waals surface area (Å²) in [5.74, 6) is 0. The van der Waals surface area contributed by atoms with Crippen LogP contribution in [0.1, 0.15) is 23.0 Å². The molecule has 3 heterocycles. The first-order valence-electron chi connectivity index (χ1n) is 5.98. The van der Waals surface area contributed by atoms with Crippen LogP contribution < -0.4 is 0 Å². The highest BCUT2D eigenvalue weighted by Gasteiger charge is 2.29. The topological polar surface area (TPSA) is 21.1 Å². The minimum Gasteiger partial charge on any atom is -0.295 e. The van der Waals surface area contributed by atoms with Gasteiger partial charge in [0.2, 0.25) is 0 Å². The predicted octanol–water partition coefficient (Wildman–Crippen LogP) is 2.62. The smallest absolute Gasteiger partial charge is 0.0776 e. The lowest BCUT2D eigenvalue weighted by molar-refractivity contribution is 0.0895. The summed E-state index contributed by atoms with van der Waals surface area (Å²) in [4.78, 5) is 2.48. The van der Waals surface area contributed by atoms with Gasteiger partial charge < -0.3 is 0 Å². The van der Waals surface area contributed by atoms with Gasteiger partial charge in [-0.1, -0.05) is 0 Å². The third-order valence-corrected chi connectivity index (χ3v) is 4.05. The van der Waals surface area contributed by atoms with E-state index < -0.39 is 0 Å². The molecule has 1 fully saturated rings. The summed E-state index contributed by atoms with van der Waals surface area (Å²) in [5, 5.41) is 8.93. The van der Waals surface area contributed by atoms with E-state index in [2.05, 4.69) is 51.4 Å². The number of rotatable bonds is 3. The summed E-state index contributed by atoms with van der Waals surface area (Å²) in [7, 11) is 0. The fraction of sp³-hybridized carbons (Fsp3) is 0.462. The summed E-state index contributed by atoms with van der Waals surface area (Å²) in [6.07, 6.45) is 0. The standard InChI is InChI=1S/C13H17N3S/c1-10-5-11(2)16(14-10)13-7-15(8-13)6-12-3-4-17-9-12/h3-5,9,13H,6-8H2,1-2H3. The molecule has 1 aliphatic heterocycles. The van der Waals surface area contributed by atoms with Crippen LogP contribution in [0.3, 0.4) is 0 Å². The monoisotopic (exact) mass is 247 g/mol. The van der Waals surface area contributed by atoms with Gasteiger partial charge in [-0.05, 0) is 42.3 Å². The van der Waals surface area contributed by atoms with Crippen LogP contribution in [0.15, 0.2) is 22.9 Å². The second-order valence-corrected chi connectivity index (χ2v) is 5.63. The van der Waals surface area contributed by atoms with Crippen molar-refractivity contribution >= 4 is 11.3 Å². The van der Waals surface area contributed by atoms with Crippen molar-refractivity contribution in [2.45, 2.75) is 26.4 Å². The third kappa shape index (κ3) is 2.15. The number of hydrogen-bond donors (Lipinski definition) is 0. The van der Waals surface area contributed by atoms with E-state index in [0.717, 1.165) is 25.3 Å². The van der Waals surface area contributed by atoms with E-state index in [1.54, 1.807) is 11.3 Å². The van der Waals surface area contributed by atoms with Gasteiger partial charge in [0.25, 0.3) is 0 Å². The lowest BCUT2D eigenvalue weighted by Crippen LogP contribution is -2.47. The van der Waals surface area contributed by atoms with Gasteiger partial charge >= 0.3 is 0 Å². The van der Waals surface area contributed by atoms with Crippen molar-refractivity contribution in [3.63, 3.8) is 0 Å². The Hall–Kier alpha value is -1.13. The van der Waals surface area contributed by atoms with Crippen LogP contribution in [-0.4, -0.2) is 27.8 Å². The van der Waals surface area contributed by atoms with Gasteiger partial charge in [0, 0.05) is 25.3 Å². The molecule has 0 aliphatic carbocycles. The van der Waals surface area contributed by atoms with Gasteiger partial charge in [-0.25, -0.2) is 0 Å². The van der Waals surface area contributed by atoms with Crippen LogP contribution in [0.4, 0.5) is 0 Å². The van der Waals surface area contributed by atoms with Gasteiger partial charge in [-0.3, -0.25) is 9.58 Å². The third-order valence-electron chi connectivity index (χ3n) is 3.31. The van der Waals surface area contributed by atoms with Crippen molar-refractivity contribution in [3.8, 4) is 0 Å². The normalized spacial score (nSPS) is 17.3. The molecule has 0 unspecified atom stereocenters. The summed E-state index contributed by atoms with van der Waals surface area (Å²) < 4.78 is 2.18. The average molecular weight is 247 g/mol. The summed E-state index contributed by atoms with van der Waals surface area (Å²) in [6.45, 7) is 7.53. The van der Waals surface area contributed by atoms with E-state index in [1.165, 1.54) is 11.3 Å². The SMILES string of the molecule is Cc1cc(C)n(C2CN(Cc3ccsc3)C2)n1. The largest absolute Gasteiger partial charge is 0.295 e. The van der Waals surface area contributed by atoms with Gasteiger partial charge in [-0.2, -0.15) is 16.4 Å². The molecule has 0 bridgehead atoms. The van der Waals surface area contributed by atoms with Crippen LogP contribution in [0.2, 0.25) is 0 Å². The molecule has 0 amide bonds. The van der Waals surface area contributed by atoms with Crippen molar-refractivity contribution in [2.75, 3.05) is 13.1 Å². The number of aromatic nitrogens is 2. The first-order chi connectivity index (χ1) is 8.22. The maximum absolute atomic E-state index is 4.56. The van der Waals surface area contributed by atoms with Gasteiger partial charge in [0.05, 0.1) is 11.7 Å². The molecule has 1 aliphatic rings. The predicted molar refractivity (Wildman–Crippen MR) is 70.3 cm³/mol. The molecule has 3 rings (SSSR count). The molecular weight excluding hydrogens is 230 g/mol. The number of thiophene rings is 1. The summed E-state index contributed by atoms with van der Waals surface area (Å²) in [6, 6.07) is 4.94. The molecule has 0 atom stereocenters. The minimum atomic E-state index is 0.572. The second-order valence-electron chi connectivity index (χ2n) is 4.85. The zero-order valence-corrected chi connectivity index (χ0v) is 11.1. The van der Waals surface area contributed by atoms with Crippen LogP contribution in [0.25, 0.3) is 0 Å². The number of hydrogen-bond acceptors (Lipinski definition) is 3. The van der Waals surface area contributed by atoms with Crippen LogP contribution in [0.5, 0.6) is 0 Å². The minimum absolute atomic E-state index is 0.572. The van der Waals surface area contributed by atoms with Gasteiger partial charge in [0.1, 0.15) is 0 Å². The highest BCUT2D eigenvalue weighted by Crippen LogP contribution is 2.24. The molecule has 0 aromatic carbocycles. The molecule has 0 spiro atoms. The van der Waals surface area contributed by atoms with Crippen molar-refractivity contribution in [3.05, 3.63) is 39.8 Å². The maximum Gasteiger partial charge on any atom is 0.0776 e. The van der Waals surface area contributed by atoms with E-state index in [4.69, 9.17) is 0 Å². The highest BCUT2D eigenvalue weighted by molar-refractivity contribution is 7.07. The van der Waals surface area contributed by atoms with E-state index in [1.807, 2.05) is 0 Å². The first kappa shape index (κ1) is 11.0. The quantitative estimate of drug-likeness (QED) is 0.831. The molecular formula is C13H17N3S. The van der Waals surface area contributed by atoms with Crippen LogP contribution in [0, 0.1) is 13.8 Å². The second kappa shape index (κ2) is 4.27. The molecule has 0 radical (unpaired) electrons. The van der Waals surface area contributed by atoms with E-state index >= 15 is 0 Å². The van der Waals surface area contributed by atoms with E-state index in [0.29, 0.717) is 6.04 Å². The van der Waals surface area contributed by atoms with Gasteiger partial charge in [-0.15, -0.1) is 0 Å². The van der Waals surface area contributed by atoms with Crippen LogP contribution >= 0.6 is 11.3 Å². The number of likely N-dealkylation sites (tertiary alicyclic amines) is 1. The fourth-order valence-electron chi connectivity index (χ4n) is 2.48. The fourth-order valence-corrected chi connectivity index (χ4v) is 3.14. The molecule has 90 valence electrons. The Balaban J connectivity index is 1.59. The Kier molecular flexibility index (Phi) is 2.76. The molecule has 3 nitrogen and oxygen atoms in total. The first-order valence-corrected chi connectivity index (χ1v) is 6.93. The van der Waals surface area contributed by atoms with Crippen molar-refractivity contribution in [1.82, 2.24) is 14.7 Å². The Bertz CT molecular complexity index is 495. The molecule has 17 heavy (non-hydrogen) atoms. The molecule has 4 heteroatoms.